The number of hydrogen-bond donors (Lipinski definition) is 1. The SMILES string of the molecule is CC(C)CCN(CCC(C)C)Cc1c(N)cccc1F. The molecule has 0 aromatic heterocycles. The van der Waals surface area contributed by atoms with Gasteiger partial charge in [0.25, 0.3) is 0 Å². The van der Waals surface area contributed by atoms with Gasteiger partial charge in [-0.2, -0.15) is 0 Å². The van der Waals surface area contributed by atoms with Crippen LogP contribution in [0.1, 0.15) is 46.1 Å². The van der Waals surface area contributed by atoms with Gasteiger partial charge < -0.3 is 5.73 Å². The van der Waals surface area contributed by atoms with Crippen LogP contribution in [0.4, 0.5) is 10.1 Å². The van der Waals surface area contributed by atoms with Gasteiger partial charge in [-0.15, -0.1) is 0 Å². The molecule has 0 aliphatic rings. The molecule has 0 atom stereocenters. The fourth-order valence-electron chi connectivity index (χ4n) is 2.12. The molecule has 0 amide bonds. The maximum atomic E-state index is 13.9. The summed E-state index contributed by atoms with van der Waals surface area (Å²) in [5, 5.41) is 0. The summed E-state index contributed by atoms with van der Waals surface area (Å²) in [6, 6.07) is 4.94. The first-order valence-corrected chi connectivity index (χ1v) is 7.65. The summed E-state index contributed by atoms with van der Waals surface area (Å²) in [6.07, 6.45) is 2.26. The van der Waals surface area contributed by atoms with Crippen LogP contribution in [0.15, 0.2) is 18.2 Å². The molecule has 2 nitrogen and oxygen atoms in total. The third-order valence-corrected chi connectivity index (χ3v) is 3.58. The quantitative estimate of drug-likeness (QED) is 0.719. The van der Waals surface area contributed by atoms with E-state index in [0.29, 0.717) is 29.6 Å². The number of nitrogens with zero attached hydrogens (tertiary/aromatic N) is 1. The summed E-state index contributed by atoms with van der Waals surface area (Å²) in [7, 11) is 0. The van der Waals surface area contributed by atoms with Crippen molar-refractivity contribution in [3.63, 3.8) is 0 Å². The highest BCUT2D eigenvalue weighted by atomic mass is 19.1. The van der Waals surface area contributed by atoms with E-state index >= 15 is 0 Å². The van der Waals surface area contributed by atoms with Crippen LogP contribution in [-0.2, 0) is 6.54 Å². The van der Waals surface area contributed by atoms with E-state index in [2.05, 4.69) is 32.6 Å². The van der Waals surface area contributed by atoms with Crippen LogP contribution >= 0.6 is 0 Å². The van der Waals surface area contributed by atoms with Crippen LogP contribution in [-0.4, -0.2) is 18.0 Å². The van der Waals surface area contributed by atoms with Crippen molar-refractivity contribution in [2.45, 2.75) is 47.1 Å². The van der Waals surface area contributed by atoms with E-state index in [-0.39, 0.29) is 5.82 Å². The topological polar surface area (TPSA) is 29.3 Å². The Hall–Kier alpha value is -1.09. The van der Waals surface area contributed by atoms with Crippen molar-refractivity contribution in [3.8, 4) is 0 Å². The molecule has 20 heavy (non-hydrogen) atoms. The molecule has 0 fully saturated rings. The summed E-state index contributed by atoms with van der Waals surface area (Å²) >= 11 is 0. The number of benzene rings is 1. The van der Waals surface area contributed by atoms with Gasteiger partial charge in [0.2, 0.25) is 0 Å². The third kappa shape index (κ3) is 5.91. The Morgan fingerprint density at radius 3 is 2.05 bits per heavy atom. The average molecular weight is 280 g/mol. The molecule has 1 aromatic carbocycles. The molecule has 3 heteroatoms. The molecular formula is C17H29FN2. The van der Waals surface area contributed by atoms with Crippen LogP contribution in [0.3, 0.4) is 0 Å². The van der Waals surface area contributed by atoms with Crippen molar-refractivity contribution in [2.24, 2.45) is 11.8 Å². The van der Waals surface area contributed by atoms with E-state index in [1.807, 2.05) is 0 Å². The largest absolute Gasteiger partial charge is 0.398 e. The zero-order chi connectivity index (χ0) is 15.1. The molecule has 0 bridgehead atoms. The second-order valence-electron chi connectivity index (χ2n) is 6.45. The third-order valence-electron chi connectivity index (χ3n) is 3.58. The minimum Gasteiger partial charge on any atom is -0.398 e. The normalized spacial score (nSPS) is 11.8. The lowest BCUT2D eigenvalue weighted by molar-refractivity contribution is 0.233. The Balaban J connectivity index is 2.71. The van der Waals surface area contributed by atoms with E-state index < -0.39 is 0 Å². The van der Waals surface area contributed by atoms with Gasteiger partial charge in [-0.3, -0.25) is 4.90 Å². The molecule has 114 valence electrons. The van der Waals surface area contributed by atoms with E-state index in [4.69, 9.17) is 5.73 Å². The van der Waals surface area contributed by atoms with Gasteiger partial charge in [0.05, 0.1) is 0 Å². The highest BCUT2D eigenvalue weighted by Gasteiger charge is 2.13. The van der Waals surface area contributed by atoms with Gasteiger partial charge in [-0.05, 0) is 49.9 Å². The van der Waals surface area contributed by atoms with Gasteiger partial charge in [0.15, 0.2) is 0 Å². The van der Waals surface area contributed by atoms with E-state index in [1.54, 1.807) is 12.1 Å². The van der Waals surface area contributed by atoms with Crippen molar-refractivity contribution in [1.29, 1.82) is 0 Å². The maximum absolute atomic E-state index is 13.9. The molecule has 0 heterocycles. The van der Waals surface area contributed by atoms with Crippen LogP contribution in [0, 0.1) is 17.7 Å². The minimum atomic E-state index is -0.191. The first-order chi connectivity index (χ1) is 9.40. The van der Waals surface area contributed by atoms with Crippen molar-refractivity contribution < 1.29 is 4.39 Å². The van der Waals surface area contributed by atoms with Crippen LogP contribution in [0.5, 0.6) is 0 Å². The molecule has 1 aromatic rings. The molecule has 0 saturated heterocycles. The first kappa shape index (κ1) is 17.0. The summed E-state index contributed by atoms with van der Waals surface area (Å²) in [5.41, 5.74) is 7.11. The predicted octanol–water partition coefficient (Wildman–Crippen LogP) is 4.30. The number of rotatable bonds is 8. The zero-order valence-corrected chi connectivity index (χ0v) is 13.3. The summed E-state index contributed by atoms with van der Waals surface area (Å²) in [5.74, 6) is 1.13. The van der Waals surface area contributed by atoms with Crippen molar-refractivity contribution >= 4 is 5.69 Å². The lowest BCUT2D eigenvalue weighted by atomic mass is 10.1. The Morgan fingerprint density at radius 1 is 1.05 bits per heavy atom. The van der Waals surface area contributed by atoms with E-state index in [9.17, 15) is 4.39 Å². The second-order valence-corrected chi connectivity index (χ2v) is 6.45. The van der Waals surface area contributed by atoms with Crippen molar-refractivity contribution in [2.75, 3.05) is 18.8 Å². The Bertz CT molecular complexity index is 370. The maximum Gasteiger partial charge on any atom is 0.129 e. The average Bonchev–Trinajstić information content (AvgIpc) is 2.35. The van der Waals surface area contributed by atoms with Crippen LogP contribution < -0.4 is 5.73 Å². The number of hydrogen-bond acceptors (Lipinski definition) is 2. The summed E-state index contributed by atoms with van der Waals surface area (Å²) < 4.78 is 13.9. The standard InChI is InChI=1S/C17H29FN2/c1-13(2)8-10-20(11-9-14(3)4)12-15-16(18)6-5-7-17(15)19/h5-7,13-14H,8-12,19H2,1-4H3. The number of nitrogens with two attached hydrogens (primary N) is 1. The summed E-state index contributed by atoms with van der Waals surface area (Å²) in [6.45, 7) is 11.5. The number of anilines is 1. The molecule has 0 aliphatic heterocycles. The molecule has 0 spiro atoms. The Morgan fingerprint density at radius 2 is 1.60 bits per heavy atom. The molecule has 2 N–H and O–H groups in total. The summed E-state index contributed by atoms with van der Waals surface area (Å²) in [4.78, 5) is 2.33. The highest BCUT2D eigenvalue weighted by Crippen LogP contribution is 2.19. The molecule has 1 rings (SSSR count). The fourth-order valence-corrected chi connectivity index (χ4v) is 2.12. The Labute approximate surface area is 123 Å². The minimum absolute atomic E-state index is 0.191. The monoisotopic (exact) mass is 280 g/mol. The number of nitrogen functional groups attached to an aromatic ring is 1. The predicted molar refractivity (Wildman–Crippen MR) is 85.0 cm³/mol. The van der Waals surface area contributed by atoms with Crippen molar-refractivity contribution in [1.82, 2.24) is 4.90 Å². The van der Waals surface area contributed by atoms with Crippen LogP contribution in [0.2, 0.25) is 0 Å². The van der Waals surface area contributed by atoms with Gasteiger partial charge in [0, 0.05) is 17.8 Å². The van der Waals surface area contributed by atoms with Gasteiger partial charge in [-0.25, -0.2) is 4.39 Å². The van der Waals surface area contributed by atoms with Crippen LogP contribution in [0.25, 0.3) is 0 Å². The Kier molecular flexibility index (Phi) is 7.00. The first-order valence-electron chi connectivity index (χ1n) is 7.65. The second kappa shape index (κ2) is 8.25. The highest BCUT2D eigenvalue weighted by molar-refractivity contribution is 5.47. The van der Waals surface area contributed by atoms with E-state index in [1.165, 1.54) is 6.07 Å². The molecule has 0 saturated carbocycles. The van der Waals surface area contributed by atoms with Gasteiger partial charge in [-0.1, -0.05) is 33.8 Å². The smallest absolute Gasteiger partial charge is 0.129 e. The molecule has 0 unspecified atom stereocenters. The zero-order valence-electron chi connectivity index (χ0n) is 13.3. The lowest BCUT2D eigenvalue weighted by Crippen LogP contribution is -2.28. The molecule has 0 aliphatic carbocycles. The number of halogens is 1. The molecular weight excluding hydrogens is 251 g/mol. The lowest BCUT2D eigenvalue weighted by Gasteiger charge is -2.25. The van der Waals surface area contributed by atoms with Gasteiger partial charge >= 0.3 is 0 Å². The van der Waals surface area contributed by atoms with Gasteiger partial charge in [0.1, 0.15) is 5.82 Å². The van der Waals surface area contributed by atoms with E-state index in [0.717, 1.165) is 25.9 Å². The molecule has 0 radical (unpaired) electrons. The van der Waals surface area contributed by atoms with Crippen molar-refractivity contribution in [3.05, 3.63) is 29.6 Å². The fraction of sp³-hybridized carbons (Fsp3) is 0.647.